The number of phenols is 1. The molecule has 4 rings (SSSR count). The minimum atomic E-state index is 0.193. The molecule has 0 bridgehead atoms. The summed E-state index contributed by atoms with van der Waals surface area (Å²) in [6.45, 7) is 5.41. The first-order valence-electron chi connectivity index (χ1n) is 10.5. The van der Waals surface area contributed by atoms with Crippen molar-refractivity contribution in [1.82, 2.24) is 14.8 Å². The van der Waals surface area contributed by atoms with Crippen LogP contribution >= 0.6 is 15.9 Å². The number of fused-ring (bicyclic) bond motifs is 1. The van der Waals surface area contributed by atoms with Gasteiger partial charge in [0, 0.05) is 56.4 Å². The molecule has 32 heavy (non-hydrogen) atoms. The number of methoxy groups -OCH3 is 3. The highest BCUT2D eigenvalue weighted by Crippen LogP contribution is 2.40. The molecule has 1 saturated heterocycles. The van der Waals surface area contributed by atoms with E-state index >= 15 is 0 Å². The Morgan fingerprint density at radius 1 is 0.906 bits per heavy atom. The van der Waals surface area contributed by atoms with Crippen molar-refractivity contribution >= 4 is 26.8 Å². The van der Waals surface area contributed by atoms with Gasteiger partial charge in [-0.3, -0.25) is 14.8 Å². The zero-order valence-corrected chi connectivity index (χ0v) is 20.2. The number of aromatic hydroxyl groups is 1. The standard InChI is InChI=1S/C24H28BrN3O4/c1-30-20-7-6-16(23(31-2)24(20)32-3)14-27-9-11-28(12-10-27)15-17-13-19(25)22(29)21-18(17)5-4-8-26-21/h4-8,13,29H,9-12,14-15H2,1-3H3. The molecule has 0 aliphatic carbocycles. The van der Waals surface area contributed by atoms with Crippen molar-refractivity contribution < 1.29 is 19.3 Å². The molecule has 0 amide bonds. The summed E-state index contributed by atoms with van der Waals surface area (Å²) < 4.78 is 17.2. The number of piperazine rings is 1. The maximum atomic E-state index is 10.3. The average Bonchev–Trinajstić information content (AvgIpc) is 2.83. The number of halogens is 1. The smallest absolute Gasteiger partial charge is 0.203 e. The van der Waals surface area contributed by atoms with E-state index in [4.69, 9.17) is 14.2 Å². The fraction of sp³-hybridized carbons (Fsp3) is 0.375. The second kappa shape index (κ2) is 9.94. The van der Waals surface area contributed by atoms with E-state index in [2.05, 4.69) is 30.7 Å². The summed E-state index contributed by atoms with van der Waals surface area (Å²) in [5, 5.41) is 11.3. The highest BCUT2D eigenvalue weighted by molar-refractivity contribution is 9.10. The Morgan fingerprint density at radius 3 is 2.19 bits per heavy atom. The van der Waals surface area contributed by atoms with E-state index in [1.807, 2.05) is 30.3 Å². The van der Waals surface area contributed by atoms with Crippen molar-refractivity contribution in [1.29, 1.82) is 0 Å². The second-order valence-corrected chi connectivity index (χ2v) is 8.67. The third kappa shape index (κ3) is 4.48. The first-order valence-corrected chi connectivity index (χ1v) is 11.3. The van der Waals surface area contributed by atoms with Gasteiger partial charge in [-0.2, -0.15) is 0 Å². The predicted octanol–water partition coefficient (Wildman–Crippen LogP) is 4.05. The number of hydrogen-bond acceptors (Lipinski definition) is 7. The lowest BCUT2D eigenvalue weighted by Gasteiger charge is -2.35. The van der Waals surface area contributed by atoms with Gasteiger partial charge in [-0.1, -0.05) is 12.1 Å². The lowest BCUT2D eigenvalue weighted by molar-refractivity contribution is 0.121. The molecule has 7 nitrogen and oxygen atoms in total. The van der Waals surface area contributed by atoms with Crippen LogP contribution in [0.2, 0.25) is 0 Å². The molecule has 8 heteroatoms. The third-order valence-corrected chi connectivity index (χ3v) is 6.55. The van der Waals surface area contributed by atoms with E-state index in [0.717, 1.165) is 61.5 Å². The molecule has 3 aromatic rings. The Hall–Kier alpha value is -2.55. The van der Waals surface area contributed by atoms with Crippen LogP contribution in [0.3, 0.4) is 0 Å². The minimum absolute atomic E-state index is 0.193. The Kier molecular flexibility index (Phi) is 7.03. The molecule has 2 heterocycles. The number of ether oxygens (including phenoxy) is 3. The van der Waals surface area contributed by atoms with Crippen LogP contribution in [0.1, 0.15) is 11.1 Å². The molecule has 0 spiro atoms. The van der Waals surface area contributed by atoms with E-state index in [1.165, 1.54) is 0 Å². The number of hydrogen-bond donors (Lipinski definition) is 1. The van der Waals surface area contributed by atoms with Gasteiger partial charge in [0.1, 0.15) is 5.52 Å². The zero-order valence-electron chi connectivity index (χ0n) is 18.6. The lowest BCUT2D eigenvalue weighted by atomic mass is 10.1. The third-order valence-electron chi connectivity index (χ3n) is 5.94. The van der Waals surface area contributed by atoms with Gasteiger partial charge in [-0.05, 0) is 39.7 Å². The molecule has 0 unspecified atom stereocenters. The average molecular weight is 502 g/mol. The van der Waals surface area contributed by atoms with Crippen molar-refractivity contribution in [2.24, 2.45) is 0 Å². The zero-order chi connectivity index (χ0) is 22.7. The van der Waals surface area contributed by atoms with E-state index < -0.39 is 0 Å². The Morgan fingerprint density at radius 2 is 1.56 bits per heavy atom. The van der Waals surface area contributed by atoms with Crippen LogP contribution in [0.5, 0.6) is 23.0 Å². The molecule has 1 aromatic heterocycles. The van der Waals surface area contributed by atoms with Gasteiger partial charge in [0.25, 0.3) is 0 Å². The highest BCUT2D eigenvalue weighted by atomic mass is 79.9. The van der Waals surface area contributed by atoms with Crippen LogP contribution in [0.25, 0.3) is 10.9 Å². The SMILES string of the molecule is COc1ccc(CN2CCN(Cc3cc(Br)c(O)c4ncccc34)CC2)c(OC)c1OC. The molecule has 0 atom stereocenters. The molecule has 1 aliphatic rings. The monoisotopic (exact) mass is 501 g/mol. The molecule has 0 saturated carbocycles. The van der Waals surface area contributed by atoms with Crippen molar-refractivity contribution in [2.45, 2.75) is 13.1 Å². The van der Waals surface area contributed by atoms with Crippen LogP contribution in [-0.4, -0.2) is 67.4 Å². The van der Waals surface area contributed by atoms with Crippen LogP contribution in [0.4, 0.5) is 0 Å². The minimum Gasteiger partial charge on any atom is -0.505 e. The Balaban J connectivity index is 1.44. The van der Waals surface area contributed by atoms with Gasteiger partial charge in [0.2, 0.25) is 5.75 Å². The van der Waals surface area contributed by atoms with Crippen LogP contribution in [0.15, 0.2) is 41.0 Å². The number of benzene rings is 2. The summed E-state index contributed by atoms with van der Waals surface area (Å²) in [5.74, 6) is 2.21. The summed E-state index contributed by atoms with van der Waals surface area (Å²) in [5.41, 5.74) is 2.88. The van der Waals surface area contributed by atoms with Gasteiger partial charge in [-0.25, -0.2) is 0 Å². The molecule has 170 valence electrons. The van der Waals surface area contributed by atoms with Gasteiger partial charge in [0.15, 0.2) is 17.2 Å². The number of rotatable bonds is 7. The first-order chi connectivity index (χ1) is 15.5. The first kappa shape index (κ1) is 22.6. The Labute approximate surface area is 196 Å². The van der Waals surface area contributed by atoms with E-state index in [-0.39, 0.29) is 5.75 Å². The summed E-state index contributed by atoms with van der Waals surface area (Å²) in [7, 11) is 4.92. The molecular formula is C24H28BrN3O4. The lowest BCUT2D eigenvalue weighted by Crippen LogP contribution is -2.45. The molecule has 1 aliphatic heterocycles. The summed E-state index contributed by atoms with van der Waals surface area (Å²) >= 11 is 3.47. The van der Waals surface area contributed by atoms with Crippen molar-refractivity contribution in [2.75, 3.05) is 47.5 Å². The molecular weight excluding hydrogens is 474 g/mol. The highest BCUT2D eigenvalue weighted by Gasteiger charge is 2.22. The topological polar surface area (TPSA) is 67.3 Å². The fourth-order valence-electron chi connectivity index (χ4n) is 4.27. The summed E-state index contributed by atoms with van der Waals surface area (Å²) in [6.07, 6.45) is 1.71. The number of aromatic nitrogens is 1. The molecule has 1 N–H and O–H groups in total. The van der Waals surface area contributed by atoms with Crippen LogP contribution in [-0.2, 0) is 13.1 Å². The van der Waals surface area contributed by atoms with E-state index in [0.29, 0.717) is 21.5 Å². The van der Waals surface area contributed by atoms with Crippen molar-refractivity contribution in [3.63, 3.8) is 0 Å². The van der Waals surface area contributed by atoms with Gasteiger partial charge in [0.05, 0.1) is 25.8 Å². The maximum absolute atomic E-state index is 10.3. The number of phenolic OH excluding ortho intramolecular Hbond substituents is 1. The van der Waals surface area contributed by atoms with E-state index in [9.17, 15) is 5.11 Å². The van der Waals surface area contributed by atoms with Gasteiger partial charge < -0.3 is 19.3 Å². The normalized spacial score (nSPS) is 15.1. The maximum Gasteiger partial charge on any atom is 0.203 e. The summed E-state index contributed by atoms with van der Waals surface area (Å²) in [6, 6.07) is 9.89. The predicted molar refractivity (Wildman–Crippen MR) is 128 cm³/mol. The van der Waals surface area contributed by atoms with Crippen LogP contribution in [0, 0.1) is 0 Å². The molecule has 0 radical (unpaired) electrons. The van der Waals surface area contributed by atoms with Gasteiger partial charge in [-0.15, -0.1) is 0 Å². The quantitative estimate of drug-likeness (QED) is 0.523. The van der Waals surface area contributed by atoms with E-state index in [1.54, 1.807) is 27.5 Å². The summed E-state index contributed by atoms with van der Waals surface area (Å²) in [4.78, 5) is 9.22. The second-order valence-electron chi connectivity index (χ2n) is 7.81. The van der Waals surface area contributed by atoms with Crippen molar-refractivity contribution in [3.05, 3.63) is 52.1 Å². The number of pyridine rings is 1. The van der Waals surface area contributed by atoms with Gasteiger partial charge >= 0.3 is 0 Å². The largest absolute Gasteiger partial charge is 0.505 e. The molecule has 1 fully saturated rings. The number of nitrogens with zero attached hydrogens (tertiary/aromatic N) is 3. The fourth-order valence-corrected chi connectivity index (χ4v) is 4.74. The Bertz CT molecular complexity index is 1100. The van der Waals surface area contributed by atoms with Crippen LogP contribution < -0.4 is 14.2 Å². The van der Waals surface area contributed by atoms with Crippen molar-refractivity contribution in [3.8, 4) is 23.0 Å². The molecule has 2 aromatic carbocycles.